The van der Waals surface area contributed by atoms with Gasteiger partial charge in [0.1, 0.15) is 29.3 Å². The first-order chi connectivity index (χ1) is 15.3. The molecule has 0 saturated heterocycles. The molecule has 4 nitrogen and oxygen atoms in total. The summed E-state index contributed by atoms with van der Waals surface area (Å²) in [5, 5.41) is 2.75. The van der Waals surface area contributed by atoms with Crippen LogP contribution < -0.4 is 10.1 Å². The third-order valence-electron chi connectivity index (χ3n) is 5.70. The molecule has 0 spiro atoms. The molecule has 2 aromatic carbocycles. The van der Waals surface area contributed by atoms with Crippen molar-refractivity contribution >= 4 is 11.5 Å². The van der Waals surface area contributed by atoms with Gasteiger partial charge in [-0.25, -0.2) is 4.39 Å². The number of halogens is 1. The van der Waals surface area contributed by atoms with E-state index in [0.717, 1.165) is 34.4 Å². The molecular weight excluding hydrogens is 405 g/mol. The van der Waals surface area contributed by atoms with Crippen molar-refractivity contribution in [2.45, 2.75) is 46.1 Å². The van der Waals surface area contributed by atoms with Gasteiger partial charge in [0.25, 0.3) is 0 Å². The molecule has 1 N–H and O–H groups in total. The molecule has 3 rings (SSSR count). The standard InChI is InChI=1S/C27H32FNO3/c1-6-7-23(31-15-14-17(2)3)18(4)20-10-13-24-22(16-20)25(27(30)29-5)26(32-24)19-8-11-21(28)12-9-19/h6-13,16-17,25-26H,14-15H2,1-5H3,(H,29,30)/b7-6-,23-18-. The first-order valence-electron chi connectivity index (χ1n) is 11.1. The molecule has 1 heterocycles. The second-order valence-electron chi connectivity index (χ2n) is 8.45. The number of ether oxygens (including phenoxy) is 2. The topological polar surface area (TPSA) is 47.6 Å². The Hall–Kier alpha value is -3.08. The summed E-state index contributed by atoms with van der Waals surface area (Å²) in [7, 11) is 1.61. The summed E-state index contributed by atoms with van der Waals surface area (Å²) < 4.78 is 25.7. The molecule has 5 heteroatoms. The molecule has 32 heavy (non-hydrogen) atoms. The van der Waals surface area contributed by atoms with E-state index in [1.54, 1.807) is 19.2 Å². The van der Waals surface area contributed by atoms with E-state index in [1.165, 1.54) is 12.1 Å². The van der Waals surface area contributed by atoms with Crippen molar-refractivity contribution in [1.82, 2.24) is 5.32 Å². The summed E-state index contributed by atoms with van der Waals surface area (Å²) in [6, 6.07) is 12.0. The Morgan fingerprint density at radius 1 is 1.22 bits per heavy atom. The molecule has 1 aliphatic rings. The number of likely N-dealkylation sites (N-methyl/N-ethyl adjacent to an activating group) is 1. The third kappa shape index (κ3) is 5.21. The number of hydrogen-bond acceptors (Lipinski definition) is 3. The van der Waals surface area contributed by atoms with E-state index < -0.39 is 12.0 Å². The van der Waals surface area contributed by atoms with Crippen molar-refractivity contribution in [2.24, 2.45) is 5.92 Å². The van der Waals surface area contributed by atoms with Crippen LogP contribution in [0.15, 0.2) is 60.4 Å². The van der Waals surface area contributed by atoms with E-state index >= 15 is 0 Å². The fraction of sp³-hybridized carbons (Fsp3) is 0.370. The third-order valence-corrected chi connectivity index (χ3v) is 5.70. The van der Waals surface area contributed by atoms with E-state index in [9.17, 15) is 9.18 Å². The quantitative estimate of drug-likeness (QED) is 0.397. The fourth-order valence-corrected chi connectivity index (χ4v) is 3.83. The zero-order valence-corrected chi connectivity index (χ0v) is 19.4. The molecule has 0 aliphatic carbocycles. The smallest absolute Gasteiger partial charge is 0.231 e. The highest BCUT2D eigenvalue weighted by molar-refractivity contribution is 5.87. The van der Waals surface area contributed by atoms with Gasteiger partial charge in [-0.3, -0.25) is 4.79 Å². The van der Waals surface area contributed by atoms with Crippen LogP contribution in [0.1, 0.15) is 62.8 Å². The summed E-state index contributed by atoms with van der Waals surface area (Å²) in [5.74, 6) is 1.06. The van der Waals surface area contributed by atoms with Crippen LogP contribution in [-0.4, -0.2) is 19.6 Å². The molecule has 0 fully saturated rings. The van der Waals surface area contributed by atoms with E-state index in [0.29, 0.717) is 18.3 Å². The Kier molecular flexibility index (Phi) is 7.73. The first kappa shape index (κ1) is 23.6. The lowest BCUT2D eigenvalue weighted by Crippen LogP contribution is -2.28. The number of allylic oxidation sites excluding steroid dienone is 3. The zero-order valence-electron chi connectivity index (χ0n) is 19.4. The highest BCUT2D eigenvalue weighted by Crippen LogP contribution is 2.47. The fourth-order valence-electron chi connectivity index (χ4n) is 3.83. The van der Waals surface area contributed by atoms with Gasteiger partial charge < -0.3 is 14.8 Å². The molecule has 0 aromatic heterocycles. The average molecular weight is 438 g/mol. The molecular formula is C27H32FNO3. The first-order valence-corrected chi connectivity index (χ1v) is 11.1. The molecule has 0 saturated carbocycles. The van der Waals surface area contributed by atoms with Gasteiger partial charge in [-0.15, -0.1) is 0 Å². The number of nitrogens with one attached hydrogen (secondary N) is 1. The predicted octanol–water partition coefficient (Wildman–Crippen LogP) is 6.16. The lowest BCUT2D eigenvalue weighted by atomic mass is 9.88. The highest BCUT2D eigenvalue weighted by atomic mass is 19.1. The summed E-state index contributed by atoms with van der Waals surface area (Å²) in [6.07, 6.45) is 4.40. The number of hydrogen-bond donors (Lipinski definition) is 1. The Labute approximate surface area is 190 Å². The predicted molar refractivity (Wildman–Crippen MR) is 126 cm³/mol. The Morgan fingerprint density at radius 2 is 1.94 bits per heavy atom. The summed E-state index contributed by atoms with van der Waals surface area (Å²) in [4.78, 5) is 12.8. The van der Waals surface area contributed by atoms with Crippen molar-refractivity contribution in [3.8, 4) is 5.75 Å². The molecule has 2 aromatic rings. The minimum absolute atomic E-state index is 0.140. The maximum absolute atomic E-state index is 13.4. The summed E-state index contributed by atoms with van der Waals surface area (Å²) in [5.41, 5.74) is 3.54. The van der Waals surface area contributed by atoms with Gasteiger partial charge in [-0.1, -0.05) is 38.1 Å². The SMILES string of the molecule is C/C=C\C(OCCC(C)C)=C(/C)c1ccc2c(c1)C(C(=O)NC)C(c1ccc(F)cc1)O2. The van der Waals surface area contributed by atoms with Gasteiger partial charge in [0.15, 0.2) is 0 Å². The molecule has 0 bridgehead atoms. The Bertz CT molecular complexity index is 1010. The number of fused-ring (bicyclic) bond motifs is 1. The van der Waals surface area contributed by atoms with Gasteiger partial charge in [0.2, 0.25) is 5.91 Å². The van der Waals surface area contributed by atoms with Crippen LogP contribution in [0.4, 0.5) is 4.39 Å². The maximum atomic E-state index is 13.4. The van der Waals surface area contributed by atoms with Crippen LogP contribution in [0, 0.1) is 11.7 Å². The molecule has 2 unspecified atom stereocenters. The van der Waals surface area contributed by atoms with Crippen LogP contribution >= 0.6 is 0 Å². The van der Waals surface area contributed by atoms with Crippen molar-refractivity contribution in [3.63, 3.8) is 0 Å². The van der Waals surface area contributed by atoms with Gasteiger partial charge in [-0.05, 0) is 73.2 Å². The van der Waals surface area contributed by atoms with E-state index in [1.807, 2.05) is 44.2 Å². The normalized spacial score (nSPS) is 18.3. The summed E-state index contributed by atoms with van der Waals surface area (Å²) in [6.45, 7) is 8.98. The highest BCUT2D eigenvalue weighted by Gasteiger charge is 2.40. The van der Waals surface area contributed by atoms with Gasteiger partial charge in [0, 0.05) is 12.6 Å². The molecule has 1 amide bonds. The van der Waals surface area contributed by atoms with E-state index in [-0.39, 0.29) is 11.7 Å². The number of carbonyl (C=O) groups is 1. The monoisotopic (exact) mass is 437 g/mol. The average Bonchev–Trinajstić information content (AvgIpc) is 3.16. The van der Waals surface area contributed by atoms with Crippen LogP contribution in [0.5, 0.6) is 5.75 Å². The maximum Gasteiger partial charge on any atom is 0.231 e. The number of benzene rings is 2. The van der Waals surface area contributed by atoms with Crippen LogP contribution in [0.3, 0.4) is 0 Å². The van der Waals surface area contributed by atoms with Crippen molar-refractivity contribution in [3.05, 3.63) is 82.9 Å². The lowest BCUT2D eigenvalue weighted by Gasteiger charge is -2.18. The molecule has 1 aliphatic heterocycles. The van der Waals surface area contributed by atoms with Crippen LogP contribution in [-0.2, 0) is 9.53 Å². The van der Waals surface area contributed by atoms with Crippen molar-refractivity contribution in [2.75, 3.05) is 13.7 Å². The van der Waals surface area contributed by atoms with Crippen LogP contribution in [0.25, 0.3) is 5.57 Å². The van der Waals surface area contributed by atoms with Gasteiger partial charge in [-0.2, -0.15) is 0 Å². The van der Waals surface area contributed by atoms with E-state index in [2.05, 4.69) is 19.2 Å². The zero-order chi connectivity index (χ0) is 23.3. The minimum Gasteiger partial charge on any atom is -0.493 e. The lowest BCUT2D eigenvalue weighted by molar-refractivity contribution is -0.123. The Morgan fingerprint density at radius 3 is 2.56 bits per heavy atom. The molecule has 170 valence electrons. The van der Waals surface area contributed by atoms with Crippen molar-refractivity contribution in [1.29, 1.82) is 0 Å². The summed E-state index contributed by atoms with van der Waals surface area (Å²) >= 11 is 0. The van der Waals surface area contributed by atoms with Gasteiger partial charge in [0.05, 0.1) is 6.61 Å². The largest absolute Gasteiger partial charge is 0.493 e. The second kappa shape index (κ2) is 10.5. The van der Waals surface area contributed by atoms with Gasteiger partial charge >= 0.3 is 0 Å². The number of rotatable bonds is 8. The second-order valence-corrected chi connectivity index (χ2v) is 8.45. The van der Waals surface area contributed by atoms with Crippen molar-refractivity contribution < 1.29 is 18.7 Å². The molecule has 0 radical (unpaired) electrons. The van der Waals surface area contributed by atoms with E-state index in [4.69, 9.17) is 9.47 Å². The minimum atomic E-state index is -0.528. The molecule has 2 atom stereocenters. The Balaban J connectivity index is 1.98. The number of amides is 1. The van der Waals surface area contributed by atoms with Crippen LogP contribution in [0.2, 0.25) is 0 Å². The number of carbonyl (C=O) groups excluding carboxylic acids is 1.